The van der Waals surface area contributed by atoms with Gasteiger partial charge in [-0.05, 0) is 82.0 Å². The number of hydrogen-bond acceptors (Lipinski definition) is 9. The second kappa shape index (κ2) is 15.4. The van der Waals surface area contributed by atoms with Crippen LogP contribution in [0.25, 0.3) is 0 Å². The lowest BCUT2D eigenvalue weighted by molar-refractivity contribution is -0.142. The maximum atomic E-state index is 11.7. The van der Waals surface area contributed by atoms with E-state index in [0.29, 0.717) is 26.2 Å². The van der Waals surface area contributed by atoms with Crippen LogP contribution in [-0.4, -0.2) is 49.7 Å². The lowest BCUT2D eigenvalue weighted by atomic mass is 10.0. The van der Waals surface area contributed by atoms with Gasteiger partial charge in [0.25, 0.3) is 0 Å². The summed E-state index contributed by atoms with van der Waals surface area (Å²) in [7, 11) is -1.26. The maximum Gasteiger partial charge on any atom is 0.320 e. The zero-order valence-corrected chi connectivity index (χ0v) is 24.7. The van der Waals surface area contributed by atoms with Gasteiger partial charge in [-0.15, -0.1) is 0 Å². The van der Waals surface area contributed by atoms with E-state index in [2.05, 4.69) is 42.0 Å². The summed E-state index contributed by atoms with van der Waals surface area (Å²) in [4.78, 5) is 23.5. The molecule has 198 valence electrons. The SMILES string of the molecule is CCOC(=O)CNP(COc1cc(Br)c(Oc2ccc(O)c(C(C)C)c2)c(Br)c1)NCC(=O)OCC. The third-order valence-electron chi connectivity index (χ3n) is 4.61. The van der Waals surface area contributed by atoms with Crippen molar-refractivity contribution >= 4 is 52.0 Å². The fraction of sp³-hybridized carbons (Fsp3) is 0.417. The highest BCUT2D eigenvalue weighted by Gasteiger charge is 2.17. The van der Waals surface area contributed by atoms with Gasteiger partial charge in [0.1, 0.15) is 23.6 Å². The number of nitrogens with one attached hydrogen (secondary N) is 2. The van der Waals surface area contributed by atoms with Gasteiger partial charge in [-0.3, -0.25) is 19.8 Å². The molecule has 0 aliphatic carbocycles. The quantitative estimate of drug-likeness (QED) is 0.173. The zero-order valence-electron chi connectivity index (χ0n) is 20.6. The number of rotatable bonds is 14. The Hall–Kier alpha value is -1.91. The number of esters is 2. The monoisotopic (exact) mass is 648 g/mol. The van der Waals surface area contributed by atoms with Crippen molar-refractivity contribution in [3.8, 4) is 23.0 Å². The minimum atomic E-state index is -1.26. The van der Waals surface area contributed by atoms with E-state index in [1.165, 1.54) is 0 Å². The minimum absolute atomic E-state index is 0.0239. The molecule has 12 heteroatoms. The molecule has 3 N–H and O–H groups in total. The van der Waals surface area contributed by atoms with Crippen molar-refractivity contribution in [2.24, 2.45) is 0 Å². The molecular weight excluding hydrogens is 619 g/mol. The molecule has 0 bridgehead atoms. The van der Waals surface area contributed by atoms with Crippen molar-refractivity contribution in [3.05, 3.63) is 44.8 Å². The Morgan fingerprint density at radius 3 is 2.00 bits per heavy atom. The van der Waals surface area contributed by atoms with Crippen molar-refractivity contribution < 1.29 is 33.6 Å². The number of aromatic hydroxyl groups is 1. The fourth-order valence-corrected chi connectivity index (χ4v) is 5.44. The fourth-order valence-electron chi connectivity index (χ4n) is 2.92. The summed E-state index contributed by atoms with van der Waals surface area (Å²) in [5.41, 5.74) is 0.790. The molecule has 0 amide bonds. The van der Waals surface area contributed by atoms with E-state index in [1.807, 2.05) is 13.8 Å². The van der Waals surface area contributed by atoms with E-state index in [1.54, 1.807) is 44.2 Å². The van der Waals surface area contributed by atoms with Crippen LogP contribution in [0.15, 0.2) is 39.3 Å². The molecule has 2 rings (SSSR count). The first-order chi connectivity index (χ1) is 17.1. The van der Waals surface area contributed by atoms with E-state index in [-0.39, 0.29) is 44.3 Å². The average Bonchev–Trinajstić information content (AvgIpc) is 2.82. The van der Waals surface area contributed by atoms with Crippen molar-refractivity contribution in [1.29, 1.82) is 0 Å². The Morgan fingerprint density at radius 2 is 1.50 bits per heavy atom. The number of benzene rings is 2. The smallest absolute Gasteiger partial charge is 0.320 e. The first-order valence-corrected chi connectivity index (χ1v) is 14.4. The number of ether oxygens (including phenoxy) is 4. The molecule has 0 radical (unpaired) electrons. The van der Waals surface area contributed by atoms with Crippen LogP contribution in [0.4, 0.5) is 0 Å². The number of hydrogen-bond donors (Lipinski definition) is 3. The van der Waals surface area contributed by atoms with Crippen LogP contribution in [0.2, 0.25) is 0 Å². The van der Waals surface area contributed by atoms with Gasteiger partial charge in [-0.25, -0.2) is 0 Å². The van der Waals surface area contributed by atoms with E-state index in [0.717, 1.165) is 5.56 Å². The standard InChI is InChI=1S/C24H31Br2N2O7P/c1-5-32-22(30)12-27-36(28-13-23(31)33-6-2)14-34-17-10-19(25)24(20(26)11-17)35-16-7-8-21(29)18(9-16)15(3)4/h7-11,15,27-29H,5-6,12-14H2,1-4H3. The van der Waals surface area contributed by atoms with Gasteiger partial charge >= 0.3 is 11.9 Å². The number of carbonyl (C=O) groups is 2. The Bertz CT molecular complexity index is 995. The van der Waals surface area contributed by atoms with Gasteiger partial charge in [0.2, 0.25) is 0 Å². The summed E-state index contributed by atoms with van der Waals surface area (Å²) < 4.78 is 23.2. The highest BCUT2D eigenvalue weighted by atomic mass is 79.9. The van der Waals surface area contributed by atoms with Gasteiger partial charge in [0.15, 0.2) is 5.75 Å². The summed E-state index contributed by atoms with van der Waals surface area (Å²) in [6.45, 7) is 7.97. The molecule has 0 atom stereocenters. The molecule has 0 aliphatic heterocycles. The van der Waals surface area contributed by atoms with Crippen LogP contribution in [0.3, 0.4) is 0 Å². The highest BCUT2D eigenvalue weighted by Crippen LogP contribution is 2.41. The predicted octanol–water partition coefficient (Wildman–Crippen LogP) is 5.79. The van der Waals surface area contributed by atoms with Gasteiger partial charge < -0.3 is 24.1 Å². The third-order valence-corrected chi connectivity index (χ3v) is 7.26. The molecule has 9 nitrogen and oxygen atoms in total. The van der Waals surface area contributed by atoms with Gasteiger partial charge in [-0.1, -0.05) is 13.8 Å². The summed E-state index contributed by atoms with van der Waals surface area (Å²) >= 11 is 7.05. The molecule has 0 spiro atoms. The average molecular weight is 650 g/mol. The summed E-state index contributed by atoms with van der Waals surface area (Å²) in [6, 6.07) is 8.63. The zero-order chi connectivity index (χ0) is 26.7. The van der Waals surface area contributed by atoms with Crippen molar-refractivity contribution in [3.63, 3.8) is 0 Å². The maximum absolute atomic E-state index is 11.7. The number of phenolic OH excluding ortho intramolecular Hbond substituents is 1. The normalized spacial score (nSPS) is 11.0. The molecule has 0 saturated carbocycles. The molecule has 0 aliphatic rings. The second-order valence-electron chi connectivity index (χ2n) is 7.67. The van der Waals surface area contributed by atoms with Crippen molar-refractivity contribution in [1.82, 2.24) is 10.2 Å². The number of halogens is 2. The molecule has 0 fully saturated rings. The van der Waals surface area contributed by atoms with E-state index >= 15 is 0 Å². The summed E-state index contributed by atoms with van der Waals surface area (Å²) in [5.74, 6) is 1.24. The largest absolute Gasteiger partial charge is 0.508 e. The van der Waals surface area contributed by atoms with E-state index in [4.69, 9.17) is 18.9 Å². The molecule has 0 saturated heterocycles. The first-order valence-electron chi connectivity index (χ1n) is 11.3. The molecule has 0 aromatic heterocycles. The second-order valence-corrected chi connectivity index (χ2v) is 11.1. The molecule has 2 aromatic rings. The molecule has 36 heavy (non-hydrogen) atoms. The Kier molecular flexibility index (Phi) is 12.9. The molecule has 0 unspecified atom stereocenters. The van der Waals surface area contributed by atoms with Crippen LogP contribution in [0.1, 0.15) is 39.2 Å². The predicted molar refractivity (Wildman–Crippen MR) is 146 cm³/mol. The Labute approximate surface area is 229 Å². The van der Waals surface area contributed by atoms with Crippen LogP contribution in [-0.2, 0) is 19.1 Å². The summed E-state index contributed by atoms with van der Waals surface area (Å²) in [5, 5.41) is 16.1. The lowest BCUT2D eigenvalue weighted by Gasteiger charge is -2.20. The minimum Gasteiger partial charge on any atom is -0.508 e. The van der Waals surface area contributed by atoms with E-state index < -0.39 is 20.2 Å². The highest BCUT2D eigenvalue weighted by molar-refractivity contribution is 9.11. The molecular formula is C24H31Br2N2O7P. The number of phenols is 1. The third kappa shape index (κ3) is 9.86. The van der Waals surface area contributed by atoms with Crippen LogP contribution < -0.4 is 19.6 Å². The number of carbonyl (C=O) groups excluding carboxylic acids is 2. The topological polar surface area (TPSA) is 115 Å². The van der Waals surface area contributed by atoms with Crippen molar-refractivity contribution in [2.75, 3.05) is 32.7 Å². The van der Waals surface area contributed by atoms with Crippen LogP contribution in [0.5, 0.6) is 23.0 Å². The first kappa shape index (κ1) is 30.3. The molecule has 0 heterocycles. The van der Waals surface area contributed by atoms with Gasteiger partial charge in [0.05, 0.1) is 43.5 Å². The van der Waals surface area contributed by atoms with Gasteiger partial charge in [0, 0.05) is 5.56 Å². The Morgan fingerprint density at radius 1 is 0.944 bits per heavy atom. The Balaban J connectivity index is 2.08. The van der Waals surface area contributed by atoms with Crippen LogP contribution >= 0.6 is 40.1 Å². The summed E-state index contributed by atoms with van der Waals surface area (Å²) in [6.07, 6.45) is 0.170. The molecule has 2 aromatic carbocycles. The van der Waals surface area contributed by atoms with E-state index in [9.17, 15) is 14.7 Å². The lowest BCUT2D eigenvalue weighted by Crippen LogP contribution is -2.31. The van der Waals surface area contributed by atoms with Crippen LogP contribution in [0, 0.1) is 0 Å². The van der Waals surface area contributed by atoms with Gasteiger partial charge in [-0.2, -0.15) is 0 Å². The van der Waals surface area contributed by atoms with Crippen molar-refractivity contribution in [2.45, 2.75) is 33.6 Å².